The lowest BCUT2D eigenvalue weighted by atomic mass is 9.95. The van der Waals surface area contributed by atoms with Crippen LogP contribution < -0.4 is 0 Å². The summed E-state index contributed by atoms with van der Waals surface area (Å²) >= 11 is 0. The molecule has 1 aliphatic carbocycles. The quantitative estimate of drug-likeness (QED) is 0.693. The molecule has 3 atom stereocenters. The molecule has 1 saturated carbocycles. The third kappa shape index (κ3) is 1.57. The Kier molecular flexibility index (Phi) is 2.78. The molecule has 2 aliphatic rings. The van der Waals surface area contributed by atoms with E-state index in [0.717, 1.165) is 19.3 Å². The number of rotatable bonds is 3. The van der Waals surface area contributed by atoms with Gasteiger partial charge in [-0.15, -0.1) is 0 Å². The molecule has 2 bridgehead atoms. The first kappa shape index (κ1) is 10.6. The van der Waals surface area contributed by atoms with E-state index in [4.69, 9.17) is 5.11 Å². The van der Waals surface area contributed by atoms with Gasteiger partial charge in [-0.05, 0) is 25.7 Å². The second-order valence-electron chi connectivity index (χ2n) is 4.50. The summed E-state index contributed by atoms with van der Waals surface area (Å²) < 4.78 is 0. The molecular weight excluding hydrogens is 194 g/mol. The Hall–Kier alpha value is -0.900. The summed E-state index contributed by atoms with van der Waals surface area (Å²) in [7, 11) is 0. The van der Waals surface area contributed by atoms with Crippen molar-refractivity contribution < 1.29 is 14.7 Å². The molecule has 4 heteroatoms. The van der Waals surface area contributed by atoms with Gasteiger partial charge in [0.2, 0.25) is 11.8 Å². The monoisotopic (exact) mass is 211 g/mol. The number of carbonyl (C=O) groups is 2. The lowest BCUT2D eigenvalue weighted by Crippen LogP contribution is -2.52. The average Bonchev–Trinajstić information content (AvgIpc) is 2.68. The summed E-state index contributed by atoms with van der Waals surface area (Å²) in [5.41, 5.74) is 0. The number of amides is 2. The van der Waals surface area contributed by atoms with Crippen LogP contribution >= 0.6 is 0 Å². The second-order valence-corrected chi connectivity index (χ2v) is 4.50. The Labute approximate surface area is 89.3 Å². The molecule has 1 aliphatic heterocycles. The molecule has 2 rings (SSSR count). The maximum Gasteiger partial charge on any atom is 0.232 e. The summed E-state index contributed by atoms with van der Waals surface area (Å²) in [6, 6.07) is -0.312. The van der Waals surface area contributed by atoms with Gasteiger partial charge in [-0.3, -0.25) is 14.5 Å². The van der Waals surface area contributed by atoms with Crippen molar-refractivity contribution in [3.63, 3.8) is 0 Å². The average molecular weight is 211 g/mol. The van der Waals surface area contributed by atoms with Crippen LogP contribution in [0.2, 0.25) is 0 Å². The number of likely N-dealkylation sites (tertiary alicyclic amines) is 1. The number of fused-ring (bicyclic) bond motifs is 2. The number of piperidine rings is 1. The molecule has 1 heterocycles. The number of carbonyl (C=O) groups excluding carboxylic acids is 2. The van der Waals surface area contributed by atoms with E-state index < -0.39 is 0 Å². The molecule has 0 spiro atoms. The Morgan fingerprint density at radius 2 is 1.87 bits per heavy atom. The van der Waals surface area contributed by atoms with Crippen LogP contribution in [0.5, 0.6) is 0 Å². The molecule has 1 N–H and O–H groups in total. The van der Waals surface area contributed by atoms with E-state index in [-0.39, 0.29) is 36.3 Å². The predicted octanol–water partition coefficient (Wildman–Crippen LogP) is 0.542. The van der Waals surface area contributed by atoms with Gasteiger partial charge in [-0.1, -0.05) is 6.92 Å². The Morgan fingerprint density at radius 1 is 1.33 bits per heavy atom. The molecule has 2 unspecified atom stereocenters. The first-order valence-electron chi connectivity index (χ1n) is 5.66. The molecule has 0 radical (unpaired) electrons. The van der Waals surface area contributed by atoms with Gasteiger partial charge >= 0.3 is 0 Å². The van der Waals surface area contributed by atoms with Crippen molar-refractivity contribution in [1.82, 2.24) is 4.90 Å². The summed E-state index contributed by atoms with van der Waals surface area (Å²) in [6.07, 6.45) is 3.05. The predicted molar refractivity (Wildman–Crippen MR) is 53.8 cm³/mol. The van der Waals surface area contributed by atoms with Crippen LogP contribution in [-0.2, 0) is 9.59 Å². The van der Waals surface area contributed by atoms with Crippen LogP contribution in [0.25, 0.3) is 0 Å². The third-order valence-electron chi connectivity index (χ3n) is 3.65. The zero-order valence-corrected chi connectivity index (χ0v) is 8.98. The SMILES string of the molecule is CC[C@@H](CO)N1C(=O)C2CCC(C2)C1=O. The molecule has 1 saturated heterocycles. The van der Waals surface area contributed by atoms with Crippen LogP contribution in [0.1, 0.15) is 32.6 Å². The van der Waals surface area contributed by atoms with Gasteiger partial charge in [0.15, 0.2) is 0 Å². The minimum Gasteiger partial charge on any atom is -0.394 e. The van der Waals surface area contributed by atoms with E-state index in [1.807, 2.05) is 6.92 Å². The Morgan fingerprint density at radius 3 is 2.27 bits per heavy atom. The highest BCUT2D eigenvalue weighted by atomic mass is 16.3. The Bertz CT molecular complexity index is 264. The summed E-state index contributed by atoms with van der Waals surface area (Å²) in [5, 5.41) is 9.16. The molecule has 2 amide bonds. The van der Waals surface area contributed by atoms with Crippen molar-refractivity contribution in [2.75, 3.05) is 6.61 Å². The van der Waals surface area contributed by atoms with Crippen LogP contribution in [-0.4, -0.2) is 34.5 Å². The lowest BCUT2D eigenvalue weighted by Gasteiger charge is -2.34. The van der Waals surface area contributed by atoms with Gasteiger partial charge in [-0.25, -0.2) is 0 Å². The second kappa shape index (κ2) is 3.93. The largest absolute Gasteiger partial charge is 0.394 e. The molecule has 0 aromatic heterocycles. The number of aliphatic hydroxyl groups excluding tert-OH is 1. The number of aliphatic hydroxyl groups is 1. The van der Waals surface area contributed by atoms with Crippen LogP contribution in [0, 0.1) is 11.8 Å². The number of nitrogens with zero attached hydrogens (tertiary/aromatic N) is 1. The van der Waals surface area contributed by atoms with Crippen molar-refractivity contribution in [3.05, 3.63) is 0 Å². The van der Waals surface area contributed by atoms with E-state index in [1.54, 1.807) is 0 Å². The van der Waals surface area contributed by atoms with E-state index in [1.165, 1.54) is 4.90 Å². The van der Waals surface area contributed by atoms with E-state index in [9.17, 15) is 9.59 Å². The minimum atomic E-state index is -0.312. The number of hydrogen-bond donors (Lipinski definition) is 1. The molecule has 0 aromatic carbocycles. The van der Waals surface area contributed by atoms with Crippen molar-refractivity contribution in [3.8, 4) is 0 Å². The highest BCUT2D eigenvalue weighted by molar-refractivity contribution is 6.01. The zero-order chi connectivity index (χ0) is 11.0. The fraction of sp³-hybridized carbons (Fsp3) is 0.818. The summed E-state index contributed by atoms with van der Waals surface area (Å²) in [6.45, 7) is 1.77. The highest BCUT2D eigenvalue weighted by Crippen LogP contribution is 2.39. The van der Waals surface area contributed by atoms with Crippen LogP contribution in [0.3, 0.4) is 0 Å². The molecule has 2 fully saturated rings. The Balaban J connectivity index is 2.22. The molecule has 0 aromatic rings. The summed E-state index contributed by atoms with van der Waals surface area (Å²) in [5.74, 6) is -0.0501. The number of imide groups is 1. The fourth-order valence-corrected chi connectivity index (χ4v) is 2.69. The van der Waals surface area contributed by atoms with Crippen molar-refractivity contribution in [2.45, 2.75) is 38.6 Å². The number of hydrogen-bond acceptors (Lipinski definition) is 3. The smallest absolute Gasteiger partial charge is 0.232 e. The third-order valence-corrected chi connectivity index (χ3v) is 3.65. The fourth-order valence-electron chi connectivity index (χ4n) is 2.69. The lowest BCUT2D eigenvalue weighted by molar-refractivity contribution is -0.157. The first-order chi connectivity index (χ1) is 7.19. The highest BCUT2D eigenvalue weighted by Gasteiger charge is 2.46. The van der Waals surface area contributed by atoms with Crippen molar-refractivity contribution in [1.29, 1.82) is 0 Å². The van der Waals surface area contributed by atoms with Gasteiger partial charge in [0.25, 0.3) is 0 Å². The van der Waals surface area contributed by atoms with E-state index in [2.05, 4.69) is 0 Å². The van der Waals surface area contributed by atoms with Crippen molar-refractivity contribution in [2.24, 2.45) is 11.8 Å². The van der Waals surface area contributed by atoms with E-state index in [0.29, 0.717) is 6.42 Å². The molecule has 84 valence electrons. The topological polar surface area (TPSA) is 57.6 Å². The van der Waals surface area contributed by atoms with E-state index >= 15 is 0 Å². The zero-order valence-electron chi connectivity index (χ0n) is 8.98. The normalized spacial score (nSPS) is 32.3. The van der Waals surface area contributed by atoms with Gasteiger partial charge in [0, 0.05) is 11.8 Å². The molecule has 4 nitrogen and oxygen atoms in total. The van der Waals surface area contributed by atoms with Crippen LogP contribution in [0.4, 0.5) is 0 Å². The maximum atomic E-state index is 11.9. The standard InChI is InChI=1S/C11H17NO3/c1-2-9(6-13)12-10(14)7-3-4-8(5-7)11(12)15/h7-9,13H,2-6H2,1H3/t7?,8?,9-/m0/s1. The van der Waals surface area contributed by atoms with Gasteiger partial charge in [-0.2, -0.15) is 0 Å². The van der Waals surface area contributed by atoms with Gasteiger partial charge < -0.3 is 5.11 Å². The van der Waals surface area contributed by atoms with Crippen LogP contribution in [0.15, 0.2) is 0 Å². The maximum absolute atomic E-state index is 11.9. The van der Waals surface area contributed by atoms with Crippen molar-refractivity contribution >= 4 is 11.8 Å². The first-order valence-corrected chi connectivity index (χ1v) is 5.66. The molecular formula is C11H17NO3. The summed E-state index contributed by atoms with van der Waals surface area (Å²) in [4.78, 5) is 25.2. The van der Waals surface area contributed by atoms with Gasteiger partial charge in [0.1, 0.15) is 0 Å². The minimum absolute atomic E-state index is 0.0355. The molecule has 15 heavy (non-hydrogen) atoms. The van der Waals surface area contributed by atoms with Gasteiger partial charge in [0.05, 0.1) is 12.6 Å².